The van der Waals surface area contributed by atoms with E-state index < -0.39 is 23.3 Å². The van der Waals surface area contributed by atoms with Crippen LogP contribution in [0.1, 0.15) is 51.7 Å². The van der Waals surface area contributed by atoms with Crippen molar-refractivity contribution >= 4 is 6.09 Å². The van der Waals surface area contributed by atoms with E-state index in [-0.39, 0.29) is 31.0 Å². The van der Waals surface area contributed by atoms with E-state index in [1.165, 1.54) is 0 Å². The first-order valence-corrected chi connectivity index (χ1v) is 6.99. The van der Waals surface area contributed by atoms with E-state index in [4.69, 9.17) is 4.74 Å². The molecule has 2 rings (SSSR count). The number of aromatic amines is 1. The number of rotatable bonds is 3. The van der Waals surface area contributed by atoms with Crippen LogP contribution in [0.4, 0.5) is 18.0 Å². The maximum Gasteiger partial charge on any atom is 0.408 e. The van der Waals surface area contributed by atoms with Crippen LogP contribution in [-0.4, -0.2) is 33.1 Å². The number of halogens is 3. The lowest BCUT2D eigenvalue weighted by atomic mass is 9.67. The molecular weight excluding hydrogens is 301 g/mol. The molecular formula is C13H19F3N4O2. The smallest absolute Gasteiger partial charge is 0.408 e. The summed E-state index contributed by atoms with van der Waals surface area (Å²) in [6.07, 6.45) is -4.55. The van der Waals surface area contributed by atoms with Gasteiger partial charge < -0.3 is 10.1 Å². The molecule has 0 bridgehead atoms. The molecule has 1 saturated carbocycles. The van der Waals surface area contributed by atoms with Crippen molar-refractivity contribution in [2.24, 2.45) is 0 Å². The zero-order valence-corrected chi connectivity index (χ0v) is 12.7. The molecule has 1 heterocycles. The summed E-state index contributed by atoms with van der Waals surface area (Å²) in [7, 11) is 0. The molecule has 1 amide bonds. The molecule has 0 aliphatic heterocycles. The first kappa shape index (κ1) is 16.6. The standard InChI is InChI=1S/C13H19F3N4O2/c1-11(2,3)22-10(21)17-7-8-18-9(20-19-8)12(5-4-6-12)13(14,15)16/h4-7H2,1-3H3,(H,17,21)(H,18,19,20). The summed E-state index contributed by atoms with van der Waals surface area (Å²) in [6.45, 7) is 5.06. The van der Waals surface area contributed by atoms with Gasteiger partial charge in [0.2, 0.25) is 0 Å². The number of H-pyrrole nitrogens is 1. The van der Waals surface area contributed by atoms with Crippen molar-refractivity contribution in [3.63, 3.8) is 0 Å². The Morgan fingerprint density at radius 3 is 2.45 bits per heavy atom. The summed E-state index contributed by atoms with van der Waals surface area (Å²) in [4.78, 5) is 15.4. The molecule has 0 saturated heterocycles. The maximum atomic E-state index is 13.2. The monoisotopic (exact) mass is 320 g/mol. The van der Waals surface area contributed by atoms with Gasteiger partial charge in [0.15, 0.2) is 5.82 Å². The molecule has 1 aromatic heterocycles. The van der Waals surface area contributed by atoms with E-state index in [2.05, 4.69) is 20.5 Å². The second-order valence-corrected chi connectivity index (χ2v) is 6.39. The summed E-state index contributed by atoms with van der Waals surface area (Å²) >= 11 is 0. The van der Waals surface area contributed by atoms with Gasteiger partial charge >= 0.3 is 12.3 Å². The predicted octanol–water partition coefficient (Wildman–Crippen LogP) is 2.81. The minimum atomic E-state index is -4.37. The molecule has 0 atom stereocenters. The number of hydrogen-bond acceptors (Lipinski definition) is 4. The van der Waals surface area contributed by atoms with Crippen LogP contribution < -0.4 is 5.32 Å². The predicted molar refractivity (Wildman–Crippen MR) is 71.0 cm³/mol. The van der Waals surface area contributed by atoms with E-state index in [0.29, 0.717) is 6.42 Å². The van der Waals surface area contributed by atoms with Gasteiger partial charge in [-0.3, -0.25) is 5.10 Å². The van der Waals surface area contributed by atoms with Gasteiger partial charge in [-0.1, -0.05) is 6.42 Å². The highest BCUT2D eigenvalue weighted by atomic mass is 19.4. The first-order chi connectivity index (χ1) is 10.0. The van der Waals surface area contributed by atoms with Crippen molar-refractivity contribution in [1.82, 2.24) is 20.5 Å². The van der Waals surface area contributed by atoms with Gasteiger partial charge in [-0.05, 0) is 33.6 Å². The lowest BCUT2D eigenvalue weighted by Gasteiger charge is -2.40. The number of amides is 1. The molecule has 1 aliphatic rings. The van der Waals surface area contributed by atoms with Crippen LogP contribution in [0.15, 0.2) is 0 Å². The van der Waals surface area contributed by atoms with Gasteiger partial charge in [-0.25, -0.2) is 9.78 Å². The zero-order chi connectivity index (χ0) is 16.6. The van der Waals surface area contributed by atoms with Gasteiger partial charge in [0.25, 0.3) is 0 Å². The fraction of sp³-hybridized carbons (Fsp3) is 0.769. The fourth-order valence-electron chi connectivity index (χ4n) is 2.22. The van der Waals surface area contributed by atoms with Crippen molar-refractivity contribution in [2.75, 3.05) is 0 Å². The molecule has 0 spiro atoms. The molecule has 6 nitrogen and oxygen atoms in total. The molecule has 0 aromatic carbocycles. The zero-order valence-electron chi connectivity index (χ0n) is 12.7. The highest BCUT2D eigenvalue weighted by Crippen LogP contribution is 2.53. The maximum absolute atomic E-state index is 13.2. The van der Waals surface area contributed by atoms with Crippen molar-refractivity contribution in [3.8, 4) is 0 Å². The van der Waals surface area contributed by atoms with Crippen molar-refractivity contribution in [1.29, 1.82) is 0 Å². The largest absolute Gasteiger partial charge is 0.444 e. The first-order valence-electron chi connectivity index (χ1n) is 6.99. The highest BCUT2D eigenvalue weighted by Gasteiger charge is 2.61. The van der Waals surface area contributed by atoms with Gasteiger partial charge in [0, 0.05) is 0 Å². The van der Waals surface area contributed by atoms with E-state index in [1.807, 2.05) is 0 Å². The Hall–Kier alpha value is -1.80. The Morgan fingerprint density at radius 2 is 2.00 bits per heavy atom. The Kier molecular flexibility index (Phi) is 4.09. The number of carbonyl (C=O) groups is 1. The molecule has 1 aliphatic carbocycles. The van der Waals surface area contributed by atoms with E-state index in [0.717, 1.165) is 0 Å². The minimum Gasteiger partial charge on any atom is -0.444 e. The number of hydrogen-bond donors (Lipinski definition) is 2. The molecule has 9 heteroatoms. The van der Waals surface area contributed by atoms with Crippen LogP contribution in [-0.2, 0) is 16.7 Å². The normalized spacial score (nSPS) is 17.7. The van der Waals surface area contributed by atoms with Crippen LogP contribution in [0.5, 0.6) is 0 Å². The molecule has 0 radical (unpaired) electrons. The average molecular weight is 320 g/mol. The quantitative estimate of drug-likeness (QED) is 0.897. The van der Waals surface area contributed by atoms with Gasteiger partial charge in [-0.2, -0.15) is 18.3 Å². The molecule has 124 valence electrons. The Bertz CT molecular complexity index is 544. The summed E-state index contributed by atoms with van der Waals surface area (Å²) in [6, 6.07) is 0. The van der Waals surface area contributed by atoms with Crippen LogP contribution in [0, 0.1) is 0 Å². The molecule has 22 heavy (non-hydrogen) atoms. The third-order valence-corrected chi connectivity index (χ3v) is 3.51. The van der Waals surface area contributed by atoms with Crippen LogP contribution in [0.3, 0.4) is 0 Å². The Balaban J connectivity index is 1.99. The topological polar surface area (TPSA) is 79.9 Å². The van der Waals surface area contributed by atoms with E-state index in [1.54, 1.807) is 20.8 Å². The van der Waals surface area contributed by atoms with Crippen LogP contribution in [0.25, 0.3) is 0 Å². The van der Waals surface area contributed by atoms with Crippen LogP contribution in [0.2, 0.25) is 0 Å². The van der Waals surface area contributed by atoms with Gasteiger partial charge in [0.05, 0.1) is 6.54 Å². The lowest BCUT2D eigenvalue weighted by Crippen LogP contribution is -2.48. The second-order valence-electron chi connectivity index (χ2n) is 6.39. The average Bonchev–Trinajstić information content (AvgIpc) is 2.69. The second kappa shape index (κ2) is 5.44. The number of aromatic nitrogens is 3. The van der Waals surface area contributed by atoms with Gasteiger partial charge in [-0.15, -0.1) is 0 Å². The number of nitrogens with zero attached hydrogens (tertiary/aromatic N) is 2. The lowest BCUT2D eigenvalue weighted by molar-refractivity contribution is -0.215. The SMILES string of the molecule is CC(C)(C)OC(=O)NCc1nc(C2(C(F)(F)F)CCC2)n[nH]1. The van der Waals surface area contributed by atoms with E-state index in [9.17, 15) is 18.0 Å². The molecule has 1 fully saturated rings. The van der Waals surface area contributed by atoms with Crippen LogP contribution >= 0.6 is 0 Å². The third-order valence-electron chi connectivity index (χ3n) is 3.51. The van der Waals surface area contributed by atoms with Crippen molar-refractivity contribution in [3.05, 3.63) is 11.6 Å². The summed E-state index contributed by atoms with van der Waals surface area (Å²) in [5.74, 6) is -0.0939. The summed E-state index contributed by atoms with van der Waals surface area (Å²) in [5.41, 5.74) is -2.60. The number of ether oxygens (including phenoxy) is 1. The number of alkyl carbamates (subject to hydrolysis) is 1. The summed E-state index contributed by atoms with van der Waals surface area (Å²) < 4.78 is 44.5. The highest BCUT2D eigenvalue weighted by molar-refractivity contribution is 5.67. The fourth-order valence-corrected chi connectivity index (χ4v) is 2.22. The number of carbonyl (C=O) groups excluding carboxylic acids is 1. The third kappa shape index (κ3) is 3.33. The van der Waals surface area contributed by atoms with Crippen molar-refractivity contribution in [2.45, 2.75) is 63.8 Å². The van der Waals surface area contributed by atoms with Gasteiger partial charge in [0.1, 0.15) is 16.8 Å². The molecule has 1 aromatic rings. The Morgan fingerprint density at radius 1 is 1.36 bits per heavy atom. The Labute approximate surface area is 125 Å². The molecule has 0 unspecified atom stereocenters. The number of nitrogens with one attached hydrogen (secondary N) is 2. The van der Waals surface area contributed by atoms with E-state index >= 15 is 0 Å². The minimum absolute atomic E-state index is 0.00666. The van der Waals surface area contributed by atoms with Crippen molar-refractivity contribution < 1.29 is 22.7 Å². The molecule has 2 N–H and O–H groups in total. The summed E-state index contributed by atoms with van der Waals surface area (Å²) in [5, 5.41) is 8.54. The number of alkyl halides is 3.